The van der Waals surface area contributed by atoms with Gasteiger partial charge in [0.1, 0.15) is 0 Å². The molecule has 1 aromatic heterocycles. The first kappa shape index (κ1) is 11.0. The molecule has 4 heteroatoms. The molecule has 0 aliphatic heterocycles. The van der Waals surface area contributed by atoms with Crippen molar-refractivity contribution in [1.82, 2.24) is 4.98 Å². The van der Waals surface area contributed by atoms with Crippen molar-refractivity contribution in [3.8, 4) is 0 Å². The second-order valence-corrected chi connectivity index (χ2v) is 4.38. The predicted octanol–water partition coefficient (Wildman–Crippen LogP) is 3.14. The molecule has 0 bridgehead atoms. The molecule has 1 heterocycles. The number of hydrogen-bond donors (Lipinski definition) is 1. The van der Waals surface area contributed by atoms with Gasteiger partial charge in [-0.05, 0) is 18.2 Å². The van der Waals surface area contributed by atoms with Gasteiger partial charge in [0.05, 0.1) is 21.6 Å². The summed E-state index contributed by atoms with van der Waals surface area (Å²) in [5.74, 6) is -0.500. The lowest BCUT2D eigenvalue weighted by molar-refractivity contribution is 0.100. The van der Waals surface area contributed by atoms with E-state index >= 15 is 0 Å². The van der Waals surface area contributed by atoms with E-state index in [-0.39, 0.29) is 0 Å². The molecular weight excluding hydrogens is 248 g/mol. The van der Waals surface area contributed by atoms with E-state index in [0.717, 1.165) is 10.9 Å². The fourth-order valence-electron chi connectivity index (χ4n) is 2.09. The normalized spacial score (nSPS) is 10.9. The fourth-order valence-corrected chi connectivity index (χ4v) is 2.45. The van der Waals surface area contributed by atoms with Gasteiger partial charge < -0.3 is 5.73 Å². The van der Waals surface area contributed by atoms with Crippen LogP contribution in [0.4, 0.5) is 0 Å². The van der Waals surface area contributed by atoms with Gasteiger partial charge in [-0.15, -0.1) is 0 Å². The van der Waals surface area contributed by atoms with Crippen molar-refractivity contribution in [3.63, 3.8) is 0 Å². The van der Waals surface area contributed by atoms with Crippen LogP contribution in [0, 0.1) is 0 Å². The van der Waals surface area contributed by atoms with Gasteiger partial charge in [0.2, 0.25) is 5.91 Å². The smallest absolute Gasteiger partial charge is 0.249 e. The number of nitrogens with two attached hydrogens (primary N) is 1. The van der Waals surface area contributed by atoms with Crippen molar-refractivity contribution < 1.29 is 4.79 Å². The van der Waals surface area contributed by atoms with Crippen LogP contribution in [0.15, 0.2) is 42.5 Å². The Bertz CT molecular complexity index is 783. The Balaban J connectivity index is 2.57. The Labute approximate surface area is 108 Å². The van der Waals surface area contributed by atoms with Crippen molar-refractivity contribution in [1.29, 1.82) is 0 Å². The number of hydrogen-bond acceptors (Lipinski definition) is 2. The summed E-state index contributed by atoms with van der Waals surface area (Å²) < 4.78 is 0. The van der Waals surface area contributed by atoms with Crippen LogP contribution < -0.4 is 5.73 Å². The van der Waals surface area contributed by atoms with Crippen LogP contribution in [0.3, 0.4) is 0 Å². The highest BCUT2D eigenvalue weighted by Gasteiger charge is 2.13. The van der Waals surface area contributed by atoms with E-state index in [1.807, 2.05) is 30.3 Å². The zero-order valence-electron chi connectivity index (χ0n) is 9.35. The number of fused-ring (bicyclic) bond motifs is 2. The molecule has 0 saturated carbocycles. The van der Waals surface area contributed by atoms with Gasteiger partial charge in [-0.1, -0.05) is 35.9 Å². The molecule has 3 rings (SSSR count). The van der Waals surface area contributed by atoms with Crippen LogP contribution in [0.5, 0.6) is 0 Å². The van der Waals surface area contributed by atoms with Crippen LogP contribution in [0.25, 0.3) is 21.8 Å². The molecule has 0 atom stereocenters. The number of benzene rings is 2. The zero-order valence-corrected chi connectivity index (χ0v) is 10.1. The summed E-state index contributed by atoms with van der Waals surface area (Å²) in [6.45, 7) is 0. The number of aromatic nitrogens is 1. The Morgan fingerprint density at radius 1 is 1.06 bits per heavy atom. The van der Waals surface area contributed by atoms with E-state index in [1.54, 1.807) is 12.1 Å². The van der Waals surface area contributed by atoms with E-state index in [4.69, 9.17) is 17.3 Å². The number of amides is 1. The summed E-state index contributed by atoms with van der Waals surface area (Å²) in [5.41, 5.74) is 7.24. The number of rotatable bonds is 1. The number of halogens is 1. The number of carbonyl (C=O) groups excluding carboxylic acids is 1. The maximum Gasteiger partial charge on any atom is 0.249 e. The Morgan fingerprint density at radius 3 is 2.56 bits per heavy atom. The molecule has 88 valence electrons. The lowest BCUT2D eigenvalue weighted by atomic mass is 10.1. The molecule has 0 radical (unpaired) electrons. The minimum absolute atomic E-state index is 0.399. The van der Waals surface area contributed by atoms with E-state index < -0.39 is 5.91 Å². The van der Waals surface area contributed by atoms with E-state index in [2.05, 4.69) is 4.98 Å². The second kappa shape index (κ2) is 3.96. The van der Waals surface area contributed by atoms with Crippen LogP contribution in [-0.4, -0.2) is 10.9 Å². The van der Waals surface area contributed by atoms with Crippen LogP contribution in [0.2, 0.25) is 5.02 Å². The highest BCUT2D eigenvalue weighted by molar-refractivity contribution is 6.41. The Morgan fingerprint density at radius 2 is 1.78 bits per heavy atom. The zero-order chi connectivity index (χ0) is 12.7. The SMILES string of the molecule is NC(=O)c1cccc2nc3ccccc3c(Cl)c12. The lowest BCUT2D eigenvalue weighted by Crippen LogP contribution is -2.11. The van der Waals surface area contributed by atoms with Gasteiger partial charge in [0.25, 0.3) is 0 Å². The average Bonchev–Trinajstić information content (AvgIpc) is 2.38. The van der Waals surface area contributed by atoms with Gasteiger partial charge in [-0.2, -0.15) is 0 Å². The lowest BCUT2D eigenvalue weighted by Gasteiger charge is -2.08. The minimum atomic E-state index is -0.500. The summed E-state index contributed by atoms with van der Waals surface area (Å²) in [5, 5.41) is 1.95. The topological polar surface area (TPSA) is 56.0 Å². The van der Waals surface area contributed by atoms with Crippen LogP contribution in [-0.2, 0) is 0 Å². The molecule has 0 aliphatic rings. The van der Waals surface area contributed by atoms with Gasteiger partial charge in [-0.3, -0.25) is 4.79 Å². The number of pyridine rings is 1. The molecule has 2 aromatic carbocycles. The van der Waals surface area contributed by atoms with Gasteiger partial charge in [0, 0.05) is 10.8 Å². The van der Waals surface area contributed by atoms with Gasteiger partial charge in [-0.25, -0.2) is 4.98 Å². The molecular formula is C14H9ClN2O. The second-order valence-electron chi connectivity index (χ2n) is 4.01. The molecule has 0 aliphatic carbocycles. The van der Waals surface area contributed by atoms with Gasteiger partial charge in [0.15, 0.2) is 0 Å². The molecule has 2 N–H and O–H groups in total. The van der Waals surface area contributed by atoms with E-state index in [9.17, 15) is 4.79 Å². The quantitative estimate of drug-likeness (QED) is 0.680. The van der Waals surface area contributed by atoms with Crippen molar-refractivity contribution in [2.24, 2.45) is 5.73 Å². The van der Waals surface area contributed by atoms with Crippen molar-refractivity contribution in [2.45, 2.75) is 0 Å². The van der Waals surface area contributed by atoms with Gasteiger partial charge >= 0.3 is 0 Å². The Hall–Kier alpha value is -2.13. The average molecular weight is 257 g/mol. The largest absolute Gasteiger partial charge is 0.366 e. The number of carbonyl (C=O) groups is 1. The third-order valence-corrected chi connectivity index (χ3v) is 3.30. The highest BCUT2D eigenvalue weighted by atomic mass is 35.5. The van der Waals surface area contributed by atoms with Crippen molar-refractivity contribution in [3.05, 3.63) is 53.1 Å². The number of para-hydroxylation sites is 1. The number of primary amides is 1. The third kappa shape index (κ3) is 1.52. The molecule has 1 amide bonds. The summed E-state index contributed by atoms with van der Waals surface area (Å²) in [6, 6.07) is 12.8. The third-order valence-electron chi connectivity index (χ3n) is 2.91. The van der Waals surface area contributed by atoms with Crippen LogP contribution >= 0.6 is 11.6 Å². The highest BCUT2D eigenvalue weighted by Crippen LogP contribution is 2.32. The predicted molar refractivity (Wildman–Crippen MR) is 72.8 cm³/mol. The van der Waals surface area contributed by atoms with E-state index in [0.29, 0.717) is 21.5 Å². The number of nitrogens with zero attached hydrogens (tertiary/aromatic N) is 1. The summed E-state index contributed by atoms with van der Waals surface area (Å²) >= 11 is 6.38. The van der Waals surface area contributed by atoms with Crippen molar-refractivity contribution >= 4 is 39.3 Å². The summed E-state index contributed by atoms with van der Waals surface area (Å²) in [6.07, 6.45) is 0. The summed E-state index contributed by atoms with van der Waals surface area (Å²) in [7, 11) is 0. The first-order valence-corrected chi connectivity index (χ1v) is 5.83. The van der Waals surface area contributed by atoms with Crippen LogP contribution in [0.1, 0.15) is 10.4 Å². The standard InChI is InChI=1S/C14H9ClN2O/c15-13-8-4-1-2-6-10(8)17-11-7-3-5-9(12(11)13)14(16)18/h1-7H,(H2,16,18). The molecule has 3 nitrogen and oxygen atoms in total. The molecule has 3 aromatic rings. The summed E-state index contributed by atoms with van der Waals surface area (Å²) in [4.78, 5) is 15.9. The molecule has 0 saturated heterocycles. The maximum atomic E-state index is 11.4. The first-order valence-electron chi connectivity index (χ1n) is 5.45. The molecule has 18 heavy (non-hydrogen) atoms. The first-order chi connectivity index (χ1) is 8.68. The van der Waals surface area contributed by atoms with E-state index in [1.165, 1.54) is 0 Å². The molecule has 0 unspecified atom stereocenters. The fraction of sp³-hybridized carbons (Fsp3) is 0. The van der Waals surface area contributed by atoms with Crippen molar-refractivity contribution in [2.75, 3.05) is 0 Å². The minimum Gasteiger partial charge on any atom is -0.366 e. The molecule has 0 spiro atoms. The molecule has 0 fully saturated rings. The maximum absolute atomic E-state index is 11.4. The Kier molecular flexibility index (Phi) is 2.42. The monoisotopic (exact) mass is 256 g/mol.